The Morgan fingerprint density at radius 2 is 2.12 bits per heavy atom. The van der Waals surface area contributed by atoms with Gasteiger partial charge in [-0.05, 0) is 30.7 Å². The lowest BCUT2D eigenvalue weighted by molar-refractivity contribution is 0.0760. The summed E-state index contributed by atoms with van der Waals surface area (Å²) in [7, 11) is 0. The van der Waals surface area contributed by atoms with Gasteiger partial charge in [-0.1, -0.05) is 0 Å². The molecule has 0 saturated carbocycles. The molecule has 1 atom stereocenters. The van der Waals surface area contributed by atoms with Gasteiger partial charge in [0.15, 0.2) is 11.5 Å². The summed E-state index contributed by atoms with van der Waals surface area (Å²) in [4.78, 5) is 14.6. The molecule has 0 bridgehead atoms. The number of aromatic amines is 1. The third-order valence-corrected chi connectivity index (χ3v) is 5.36. The number of nitrogens with zero attached hydrogens (tertiary/aromatic N) is 2. The van der Waals surface area contributed by atoms with Gasteiger partial charge in [0.25, 0.3) is 5.91 Å². The first-order chi connectivity index (χ1) is 11.8. The summed E-state index contributed by atoms with van der Waals surface area (Å²) in [6.45, 7) is 1.41. The largest absolute Gasteiger partial charge is 0.468 e. The summed E-state index contributed by atoms with van der Waals surface area (Å²) < 4.78 is 10.8. The quantitative estimate of drug-likeness (QED) is 0.786. The van der Waals surface area contributed by atoms with Crippen molar-refractivity contribution in [2.75, 3.05) is 18.8 Å². The lowest BCUT2D eigenvalue weighted by Crippen LogP contribution is -2.33. The van der Waals surface area contributed by atoms with E-state index in [4.69, 9.17) is 8.83 Å². The maximum absolute atomic E-state index is 12.7. The highest BCUT2D eigenvalue weighted by Gasteiger charge is 2.25. The van der Waals surface area contributed by atoms with Gasteiger partial charge in [-0.3, -0.25) is 9.89 Å². The highest BCUT2D eigenvalue weighted by Crippen LogP contribution is 2.34. The number of hydrogen-bond donors (Lipinski definition) is 1. The molecule has 1 aliphatic rings. The fourth-order valence-corrected chi connectivity index (χ4v) is 4.01. The van der Waals surface area contributed by atoms with Gasteiger partial charge in [0.1, 0.15) is 11.5 Å². The zero-order valence-corrected chi connectivity index (χ0v) is 13.8. The van der Waals surface area contributed by atoms with Gasteiger partial charge in [0, 0.05) is 24.9 Å². The van der Waals surface area contributed by atoms with Crippen LogP contribution in [0.15, 0.2) is 51.7 Å². The van der Waals surface area contributed by atoms with Crippen molar-refractivity contribution < 1.29 is 13.6 Å². The van der Waals surface area contributed by atoms with E-state index < -0.39 is 0 Å². The van der Waals surface area contributed by atoms with Crippen molar-refractivity contribution in [1.29, 1.82) is 0 Å². The number of nitrogens with one attached hydrogen (secondary N) is 1. The molecule has 3 aromatic rings. The topological polar surface area (TPSA) is 75.3 Å². The second-order valence-corrected chi connectivity index (χ2v) is 6.91. The van der Waals surface area contributed by atoms with Gasteiger partial charge in [-0.25, -0.2) is 0 Å². The second-order valence-electron chi connectivity index (χ2n) is 5.60. The third kappa shape index (κ3) is 2.99. The first-order valence-corrected chi connectivity index (χ1v) is 8.90. The zero-order valence-electron chi connectivity index (χ0n) is 13.0. The number of carbonyl (C=O) groups excluding carboxylic acids is 1. The fourth-order valence-electron chi connectivity index (χ4n) is 2.83. The summed E-state index contributed by atoms with van der Waals surface area (Å²) in [5, 5.41) is 7.31. The van der Waals surface area contributed by atoms with Crippen LogP contribution in [0.1, 0.15) is 27.9 Å². The minimum atomic E-state index is -0.0512. The summed E-state index contributed by atoms with van der Waals surface area (Å²) in [6.07, 6.45) is 4.17. The zero-order chi connectivity index (χ0) is 16.4. The van der Waals surface area contributed by atoms with E-state index in [0.29, 0.717) is 35.5 Å². The van der Waals surface area contributed by atoms with Gasteiger partial charge >= 0.3 is 0 Å². The van der Waals surface area contributed by atoms with Crippen LogP contribution in [-0.4, -0.2) is 39.8 Å². The van der Waals surface area contributed by atoms with E-state index >= 15 is 0 Å². The van der Waals surface area contributed by atoms with Crippen LogP contribution in [0, 0.1) is 0 Å². The fraction of sp³-hybridized carbons (Fsp3) is 0.294. The Kier molecular flexibility index (Phi) is 4.17. The highest BCUT2D eigenvalue weighted by atomic mass is 32.2. The number of rotatable bonds is 3. The minimum absolute atomic E-state index is 0.0512. The number of furan rings is 2. The summed E-state index contributed by atoms with van der Waals surface area (Å²) in [5.41, 5.74) is 1.13. The van der Waals surface area contributed by atoms with E-state index in [1.165, 1.54) is 0 Å². The summed E-state index contributed by atoms with van der Waals surface area (Å²) in [6, 6.07) is 9.28. The molecule has 0 unspecified atom stereocenters. The molecule has 6 nitrogen and oxygen atoms in total. The molecule has 4 heterocycles. The lowest BCUT2D eigenvalue weighted by atomic mass is 10.2. The highest BCUT2D eigenvalue weighted by molar-refractivity contribution is 7.99. The standard InChI is InChI=1S/C17H17N3O3S/c21-17(13-11-12(18-19-13)14-3-1-8-22-14)20-6-5-16(24-10-7-20)15-4-2-9-23-15/h1-4,8-9,11,16H,5-7,10H2,(H,18,19)/t16-/m0/s1. The van der Waals surface area contributed by atoms with Gasteiger partial charge in [-0.2, -0.15) is 5.10 Å². The Morgan fingerprint density at radius 3 is 2.92 bits per heavy atom. The van der Waals surface area contributed by atoms with Crippen LogP contribution in [0.4, 0.5) is 0 Å². The first kappa shape index (κ1) is 15.1. The van der Waals surface area contributed by atoms with E-state index in [1.807, 2.05) is 34.9 Å². The first-order valence-electron chi connectivity index (χ1n) is 7.85. The second kappa shape index (κ2) is 6.60. The Bertz CT molecular complexity index is 795. The van der Waals surface area contributed by atoms with Gasteiger partial charge in [0.2, 0.25) is 0 Å². The van der Waals surface area contributed by atoms with Crippen LogP contribution >= 0.6 is 11.8 Å². The van der Waals surface area contributed by atoms with Crippen molar-refractivity contribution in [1.82, 2.24) is 15.1 Å². The average molecular weight is 343 g/mol. The Balaban J connectivity index is 1.45. The van der Waals surface area contributed by atoms with Gasteiger partial charge in [-0.15, -0.1) is 11.8 Å². The molecular weight excluding hydrogens is 326 g/mol. The summed E-state index contributed by atoms with van der Waals surface area (Å²) in [5.74, 6) is 2.48. The SMILES string of the molecule is O=C(c1cc(-c2ccco2)[nH]n1)N1CCS[C@H](c2ccco2)CC1. The van der Waals surface area contributed by atoms with Crippen molar-refractivity contribution in [2.45, 2.75) is 11.7 Å². The normalized spacial score (nSPS) is 18.5. The van der Waals surface area contributed by atoms with E-state index in [2.05, 4.69) is 10.2 Å². The molecule has 124 valence electrons. The molecule has 1 aliphatic heterocycles. The molecule has 1 N–H and O–H groups in total. The molecule has 0 aliphatic carbocycles. The number of carbonyl (C=O) groups is 1. The Morgan fingerprint density at radius 1 is 1.25 bits per heavy atom. The molecule has 1 amide bonds. The van der Waals surface area contributed by atoms with Gasteiger partial charge < -0.3 is 13.7 Å². The monoisotopic (exact) mass is 343 g/mol. The van der Waals surface area contributed by atoms with Crippen LogP contribution in [-0.2, 0) is 0 Å². The molecule has 7 heteroatoms. The van der Waals surface area contributed by atoms with Crippen molar-refractivity contribution >= 4 is 17.7 Å². The van der Waals surface area contributed by atoms with Crippen LogP contribution in [0.2, 0.25) is 0 Å². The van der Waals surface area contributed by atoms with Crippen LogP contribution < -0.4 is 0 Å². The smallest absolute Gasteiger partial charge is 0.274 e. The van der Waals surface area contributed by atoms with Crippen molar-refractivity contribution in [2.24, 2.45) is 0 Å². The van der Waals surface area contributed by atoms with Crippen LogP contribution in [0.25, 0.3) is 11.5 Å². The third-order valence-electron chi connectivity index (χ3n) is 4.07. The van der Waals surface area contributed by atoms with E-state index in [1.54, 1.807) is 24.7 Å². The molecule has 0 aromatic carbocycles. The van der Waals surface area contributed by atoms with E-state index in [9.17, 15) is 4.79 Å². The maximum Gasteiger partial charge on any atom is 0.274 e. The molecule has 1 saturated heterocycles. The molecular formula is C17H17N3O3S. The van der Waals surface area contributed by atoms with Crippen molar-refractivity contribution in [3.05, 3.63) is 54.3 Å². The Labute approximate surface area is 143 Å². The Hall–Kier alpha value is -2.41. The van der Waals surface area contributed by atoms with Crippen molar-refractivity contribution in [3.8, 4) is 11.5 Å². The number of aromatic nitrogens is 2. The molecule has 0 spiro atoms. The maximum atomic E-state index is 12.7. The number of hydrogen-bond acceptors (Lipinski definition) is 5. The molecule has 1 fully saturated rings. The summed E-state index contributed by atoms with van der Waals surface area (Å²) >= 11 is 1.83. The predicted octanol–water partition coefficient (Wildman–Crippen LogP) is 3.58. The van der Waals surface area contributed by atoms with Crippen LogP contribution in [0.5, 0.6) is 0 Å². The number of H-pyrrole nitrogens is 1. The molecule has 24 heavy (non-hydrogen) atoms. The van der Waals surface area contributed by atoms with Crippen molar-refractivity contribution in [3.63, 3.8) is 0 Å². The average Bonchev–Trinajstić information content (AvgIpc) is 3.33. The van der Waals surface area contributed by atoms with Gasteiger partial charge in [0.05, 0.1) is 17.8 Å². The van der Waals surface area contributed by atoms with Crippen LogP contribution in [0.3, 0.4) is 0 Å². The predicted molar refractivity (Wildman–Crippen MR) is 90.7 cm³/mol. The number of thioether (sulfide) groups is 1. The van der Waals surface area contributed by atoms with E-state index in [-0.39, 0.29) is 5.91 Å². The molecule has 0 radical (unpaired) electrons. The minimum Gasteiger partial charge on any atom is -0.468 e. The molecule has 3 aromatic heterocycles. The number of amides is 1. The van der Waals surface area contributed by atoms with E-state index in [0.717, 1.165) is 17.9 Å². The molecule has 4 rings (SSSR count). The lowest BCUT2D eigenvalue weighted by Gasteiger charge is -2.18.